The monoisotopic (exact) mass is 344 g/mol. The third-order valence-corrected chi connectivity index (χ3v) is 4.12. The van der Waals surface area contributed by atoms with Crippen molar-refractivity contribution in [1.82, 2.24) is 10.2 Å². The number of hydrogen-bond donors (Lipinski definition) is 1. The van der Waals surface area contributed by atoms with Crippen LogP contribution in [0.4, 0.5) is 13.2 Å². The molecule has 1 aliphatic rings. The molecule has 0 spiro atoms. The molecule has 0 aromatic heterocycles. The van der Waals surface area contributed by atoms with Gasteiger partial charge in [0.25, 0.3) is 0 Å². The van der Waals surface area contributed by atoms with Gasteiger partial charge in [-0.2, -0.15) is 0 Å². The molecule has 1 N–H and O–H groups in total. The van der Waals surface area contributed by atoms with Crippen molar-refractivity contribution in [2.24, 2.45) is 0 Å². The van der Waals surface area contributed by atoms with Gasteiger partial charge in [-0.15, -0.1) is 13.2 Å². The van der Waals surface area contributed by atoms with E-state index in [-0.39, 0.29) is 11.7 Å². The van der Waals surface area contributed by atoms with Gasteiger partial charge in [0.15, 0.2) is 0 Å². The van der Waals surface area contributed by atoms with Crippen molar-refractivity contribution in [3.63, 3.8) is 0 Å². The zero-order valence-electron chi connectivity index (χ0n) is 13.7. The summed E-state index contributed by atoms with van der Waals surface area (Å²) in [5, 5.41) is 2.80. The van der Waals surface area contributed by atoms with Crippen LogP contribution >= 0.6 is 0 Å². The highest BCUT2D eigenvalue weighted by Crippen LogP contribution is 2.26. The van der Waals surface area contributed by atoms with Crippen LogP contribution in [0.1, 0.15) is 38.2 Å². The van der Waals surface area contributed by atoms with Crippen LogP contribution in [-0.2, 0) is 11.3 Å². The number of carbonyl (C=O) groups excluding carboxylic acids is 1. The fraction of sp³-hybridized carbons (Fsp3) is 0.588. The van der Waals surface area contributed by atoms with Crippen molar-refractivity contribution < 1.29 is 22.7 Å². The zero-order valence-corrected chi connectivity index (χ0v) is 13.7. The molecule has 0 bridgehead atoms. The Hall–Kier alpha value is -1.76. The zero-order chi connectivity index (χ0) is 17.6. The first kappa shape index (κ1) is 18.6. The van der Waals surface area contributed by atoms with Crippen LogP contribution in [0.25, 0.3) is 0 Å². The molecule has 7 heteroatoms. The van der Waals surface area contributed by atoms with Crippen LogP contribution in [0.3, 0.4) is 0 Å². The normalized spacial score (nSPS) is 19.1. The number of hydrogen-bond acceptors (Lipinski definition) is 3. The maximum Gasteiger partial charge on any atom is 0.573 e. The van der Waals surface area contributed by atoms with Gasteiger partial charge in [0.2, 0.25) is 5.91 Å². The van der Waals surface area contributed by atoms with E-state index in [1.165, 1.54) is 19.1 Å². The van der Waals surface area contributed by atoms with Gasteiger partial charge in [-0.1, -0.05) is 18.6 Å². The van der Waals surface area contributed by atoms with E-state index in [2.05, 4.69) is 15.0 Å². The summed E-state index contributed by atoms with van der Waals surface area (Å²) in [6.07, 6.45) is -0.574. The van der Waals surface area contributed by atoms with Crippen molar-refractivity contribution in [3.05, 3.63) is 29.8 Å². The molecule has 1 aromatic carbocycles. The molecule has 1 amide bonds. The van der Waals surface area contributed by atoms with Crippen LogP contribution < -0.4 is 10.1 Å². The molecule has 1 atom stereocenters. The first-order valence-corrected chi connectivity index (χ1v) is 8.16. The first-order chi connectivity index (χ1) is 11.3. The molecule has 134 valence electrons. The number of carbonyl (C=O) groups is 1. The largest absolute Gasteiger partial charge is 0.573 e. The van der Waals surface area contributed by atoms with Gasteiger partial charge < -0.3 is 10.1 Å². The standard InChI is InChI=1S/C17H23F3N2O2/c1-13(23)21-9-8-15-6-2-3-10-22(15)12-14-5-4-7-16(11-14)24-17(18,19)20/h4-5,7,11,15H,2-3,6,8-10,12H2,1H3,(H,21,23)/t15-/m0/s1. The van der Waals surface area contributed by atoms with Crippen LogP contribution in [0, 0.1) is 0 Å². The van der Waals surface area contributed by atoms with E-state index in [0.29, 0.717) is 19.1 Å². The van der Waals surface area contributed by atoms with Gasteiger partial charge in [0.1, 0.15) is 5.75 Å². The summed E-state index contributed by atoms with van der Waals surface area (Å²) >= 11 is 0. The highest BCUT2D eigenvalue weighted by atomic mass is 19.4. The molecular formula is C17H23F3N2O2. The molecule has 24 heavy (non-hydrogen) atoms. The summed E-state index contributed by atoms with van der Waals surface area (Å²) in [5.74, 6) is -0.235. The third kappa shape index (κ3) is 6.39. The van der Waals surface area contributed by atoms with E-state index in [4.69, 9.17) is 0 Å². The fourth-order valence-corrected chi connectivity index (χ4v) is 3.09. The summed E-state index contributed by atoms with van der Waals surface area (Å²) < 4.78 is 41.0. The molecule has 0 aliphatic carbocycles. The predicted molar refractivity (Wildman–Crippen MR) is 84.5 cm³/mol. The maximum atomic E-state index is 12.3. The molecule has 1 fully saturated rings. The Bertz CT molecular complexity index is 549. The number of nitrogens with zero attached hydrogens (tertiary/aromatic N) is 1. The highest BCUT2D eigenvalue weighted by molar-refractivity contribution is 5.72. The summed E-state index contributed by atoms with van der Waals surface area (Å²) in [6.45, 7) is 3.60. The number of amides is 1. The van der Waals surface area contributed by atoms with Gasteiger partial charge in [-0.3, -0.25) is 9.69 Å². The number of benzene rings is 1. The number of nitrogens with one attached hydrogen (secondary N) is 1. The molecule has 0 radical (unpaired) electrons. The van der Waals surface area contributed by atoms with E-state index < -0.39 is 6.36 Å². The number of alkyl halides is 3. The van der Waals surface area contributed by atoms with Gasteiger partial charge in [-0.25, -0.2) is 0 Å². The van der Waals surface area contributed by atoms with Crippen molar-refractivity contribution in [2.45, 2.75) is 51.6 Å². The van der Waals surface area contributed by atoms with E-state index >= 15 is 0 Å². The second-order valence-electron chi connectivity index (χ2n) is 6.09. The Morgan fingerprint density at radius 3 is 2.88 bits per heavy atom. The maximum absolute atomic E-state index is 12.3. The van der Waals surface area contributed by atoms with Crippen molar-refractivity contribution in [1.29, 1.82) is 0 Å². The van der Waals surface area contributed by atoms with Gasteiger partial charge in [-0.05, 0) is 43.5 Å². The number of piperidine rings is 1. The van der Waals surface area contributed by atoms with E-state index in [1.807, 2.05) is 6.07 Å². The van der Waals surface area contributed by atoms with E-state index in [1.54, 1.807) is 6.07 Å². The third-order valence-electron chi connectivity index (χ3n) is 4.12. The second kappa shape index (κ2) is 8.37. The molecule has 0 saturated carbocycles. The highest BCUT2D eigenvalue weighted by Gasteiger charge is 2.31. The Labute approximate surface area is 140 Å². The average Bonchev–Trinajstić information content (AvgIpc) is 2.47. The van der Waals surface area contributed by atoms with Gasteiger partial charge in [0.05, 0.1) is 0 Å². The summed E-state index contributed by atoms with van der Waals surface area (Å²) in [5.41, 5.74) is 0.795. The van der Waals surface area contributed by atoms with Gasteiger partial charge >= 0.3 is 6.36 Å². The van der Waals surface area contributed by atoms with Crippen molar-refractivity contribution in [2.75, 3.05) is 13.1 Å². The van der Waals surface area contributed by atoms with Crippen LogP contribution in [-0.4, -0.2) is 36.3 Å². The average molecular weight is 344 g/mol. The predicted octanol–water partition coefficient (Wildman–Crippen LogP) is 3.47. The number of ether oxygens (including phenoxy) is 1. The lowest BCUT2D eigenvalue weighted by Crippen LogP contribution is -2.41. The topological polar surface area (TPSA) is 41.6 Å². The fourth-order valence-electron chi connectivity index (χ4n) is 3.09. The van der Waals surface area contributed by atoms with Crippen LogP contribution in [0.5, 0.6) is 5.75 Å². The quantitative estimate of drug-likeness (QED) is 0.859. The van der Waals surface area contributed by atoms with Crippen molar-refractivity contribution >= 4 is 5.91 Å². The Morgan fingerprint density at radius 2 is 2.17 bits per heavy atom. The molecule has 1 saturated heterocycles. The lowest BCUT2D eigenvalue weighted by Gasteiger charge is -2.36. The summed E-state index contributed by atoms with van der Waals surface area (Å²) in [7, 11) is 0. The first-order valence-electron chi connectivity index (χ1n) is 8.16. The number of halogens is 3. The number of rotatable bonds is 6. The molecule has 1 heterocycles. The molecular weight excluding hydrogens is 321 g/mol. The van der Waals surface area contributed by atoms with Crippen LogP contribution in [0.2, 0.25) is 0 Å². The summed E-state index contributed by atoms with van der Waals surface area (Å²) in [4.78, 5) is 13.3. The van der Waals surface area contributed by atoms with Gasteiger partial charge in [0, 0.05) is 26.1 Å². The Balaban J connectivity index is 1.96. The second-order valence-corrected chi connectivity index (χ2v) is 6.09. The smallest absolute Gasteiger partial charge is 0.406 e. The van der Waals surface area contributed by atoms with Crippen LogP contribution in [0.15, 0.2) is 24.3 Å². The lowest BCUT2D eigenvalue weighted by atomic mass is 9.98. The van der Waals surface area contributed by atoms with Crippen molar-refractivity contribution in [3.8, 4) is 5.75 Å². The Morgan fingerprint density at radius 1 is 1.38 bits per heavy atom. The molecule has 2 rings (SSSR count). The SMILES string of the molecule is CC(=O)NCC[C@@H]1CCCCN1Cc1cccc(OC(F)(F)F)c1. The Kier molecular flexibility index (Phi) is 6.48. The molecule has 4 nitrogen and oxygen atoms in total. The molecule has 1 aliphatic heterocycles. The minimum Gasteiger partial charge on any atom is -0.406 e. The molecule has 1 aromatic rings. The minimum atomic E-state index is -4.68. The lowest BCUT2D eigenvalue weighted by molar-refractivity contribution is -0.274. The van der Waals surface area contributed by atoms with E-state index in [9.17, 15) is 18.0 Å². The van der Waals surface area contributed by atoms with E-state index in [0.717, 1.165) is 37.8 Å². The summed E-state index contributed by atoms with van der Waals surface area (Å²) in [6, 6.07) is 6.46. The molecule has 0 unspecified atom stereocenters. The minimum absolute atomic E-state index is 0.0469. The number of likely N-dealkylation sites (tertiary alicyclic amines) is 1.